The second-order valence-corrected chi connectivity index (χ2v) is 4.16. The van der Waals surface area contributed by atoms with Gasteiger partial charge in [-0.3, -0.25) is 0 Å². The van der Waals surface area contributed by atoms with E-state index in [0.717, 1.165) is 18.1 Å². The van der Waals surface area contributed by atoms with Gasteiger partial charge in [-0.05, 0) is 32.6 Å². The number of hydrogen-bond acceptors (Lipinski definition) is 6. The van der Waals surface area contributed by atoms with Crippen LogP contribution in [0.1, 0.15) is 6.92 Å². The topological polar surface area (TPSA) is 63.4 Å². The normalized spacial score (nSPS) is 10.7. The molecule has 1 aromatic rings. The van der Waals surface area contributed by atoms with E-state index in [1.165, 1.54) is 11.5 Å². The third-order valence-electron chi connectivity index (χ3n) is 1.81. The number of nitrogen functional groups attached to an aromatic ring is 1. The third-order valence-corrected chi connectivity index (χ3v) is 2.61. The average molecular weight is 230 g/mol. The first-order valence-electron chi connectivity index (χ1n) is 4.91. The Morgan fingerprint density at radius 1 is 1.53 bits per heavy atom. The molecular formula is C9H18N4OS. The molecule has 1 heterocycles. The average Bonchev–Trinajstić information content (AvgIpc) is 2.50. The number of likely N-dealkylation sites (N-methyl/N-ethyl adjacent to an activating group) is 1. The van der Waals surface area contributed by atoms with Crippen LogP contribution in [-0.4, -0.2) is 43.1 Å². The highest BCUT2D eigenvalue weighted by Crippen LogP contribution is 2.34. The van der Waals surface area contributed by atoms with Crippen LogP contribution >= 0.6 is 11.5 Å². The summed E-state index contributed by atoms with van der Waals surface area (Å²) in [4.78, 5) is 2.11. The number of aromatic nitrogens is 1. The summed E-state index contributed by atoms with van der Waals surface area (Å²) in [6.07, 6.45) is 0. The Morgan fingerprint density at radius 3 is 2.87 bits per heavy atom. The van der Waals surface area contributed by atoms with E-state index in [1.807, 2.05) is 21.0 Å². The van der Waals surface area contributed by atoms with Crippen LogP contribution < -0.4 is 15.8 Å². The van der Waals surface area contributed by atoms with Gasteiger partial charge in [-0.1, -0.05) is 0 Å². The molecule has 0 unspecified atom stereocenters. The summed E-state index contributed by atoms with van der Waals surface area (Å²) in [7, 11) is 4.07. The molecule has 1 aromatic heterocycles. The summed E-state index contributed by atoms with van der Waals surface area (Å²) < 4.78 is 9.46. The van der Waals surface area contributed by atoms with Crippen LogP contribution in [-0.2, 0) is 0 Å². The van der Waals surface area contributed by atoms with E-state index in [9.17, 15) is 0 Å². The van der Waals surface area contributed by atoms with E-state index < -0.39 is 0 Å². The third kappa shape index (κ3) is 3.56. The summed E-state index contributed by atoms with van der Waals surface area (Å²) in [5.41, 5.74) is 5.68. The zero-order valence-corrected chi connectivity index (χ0v) is 10.2. The fourth-order valence-electron chi connectivity index (χ4n) is 1.08. The number of nitrogens with one attached hydrogen (secondary N) is 1. The molecule has 6 heteroatoms. The van der Waals surface area contributed by atoms with Gasteiger partial charge in [0.1, 0.15) is 0 Å². The lowest BCUT2D eigenvalue weighted by Gasteiger charge is -2.11. The van der Waals surface area contributed by atoms with E-state index >= 15 is 0 Å². The van der Waals surface area contributed by atoms with Gasteiger partial charge in [-0.15, -0.1) is 0 Å². The number of anilines is 2. The molecule has 0 aliphatic heterocycles. The van der Waals surface area contributed by atoms with Crippen molar-refractivity contribution in [1.82, 2.24) is 9.27 Å². The molecular weight excluding hydrogens is 212 g/mol. The maximum atomic E-state index is 5.68. The number of nitrogens with zero attached hydrogens (tertiary/aromatic N) is 2. The maximum Gasteiger partial charge on any atom is 0.197 e. The Kier molecular flexibility index (Phi) is 4.64. The van der Waals surface area contributed by atoms with Gasteiger partial charge in [-0.25, -0.2) is 0 Å². The Balaban J connectivity index is 2.52. The number of rotatable bonds is 6. The lowest BCUT2D eigenvalue weighted by atomic mass is 10.5. The van der Waals surface area contributed by atoms with Crippen LogP contribution in [0, 0.1) is 0 Å². The lowest BCUT2D eigenvalue weighted by Crippen LogP contribution is -2.20. The molecule has 0 aliphatic carbocycles. The van der Waals surface area contributed by atoms with E-state index in [2.05, 4.69) is 14.6 Å². The van der Waals surface area contributed by atoms with Crippen molar-refractivity contribution in [1.29, 1.82) is 0 Å². The van der Waals surface area contributed by atoms with Crippen molar-refractivity contribution in [2.75, 3.05) is 44.8 Å². The molecule has 0 amide bonds. The number of ether oxygens (including phenoxy) is 1. The Labute approximate surface area is 94.4 Å². The summed E-state index contributed by atoms with van der Waals surface area (Å²) in [5, 5.41) is 4.17. The van der Waals surface area contributed by atoms with Crippen LogP contribution in [0.4, 0.5) is 10.8 Å². The van der Waals surface area contributed by atoms with Crippen molar-refractivity contribution < 1.29 is 4.74 Å². The lowest BCUT2D eigenvalue weighted by molar-refractivity contribution is 0.344. The zero-order valence-electron chi connectivity index (χ0n) is 9.41. The van der Waals surface area contributed by atoms with Gasteiger partial charge in [0.25, 0.3) is 0 Å². The molecule has 0 fully saturated rings. The second kappa shape index (κ2) is 5.77. The minimum absolute atomic E-state index is 0.467. The molecule has 0 saturated heterocycles. The fourth-order valence-corrected chi connectivity index (χ4v) is 1.77. The molecule has 0 bridgehead atoms. The first kappa shape index (κ1) is 12.1. The second-order valence-electron chi connectivity index (χ2n) is 3.39. The van der Waals surface area contributed by atoms with Gasteiger partial charge in [0, 0.05) is 13.1 Å². The van der Waals surface area contributed by atoms with Gasteiger partial charge < -0.3 is 20.7 Å². The molecule has 0 aromatic carbocycles. The van der Waals surface area contributed by atoms with Crippen molar-refractivity contribution >= 4 is 22.4 Å². The summed E-state index contributed by atoms with van der Waals surface area (Å²) in [6.45, 7) is 4.35. The maximum absolute atomic E-state index is 5.68. The van der Waals surface area contributed by atoms with E-state index in [-0.39, 0.29) is 0 Å². The molecule has 0 atom stereocenters. The van der Waals surface area contributed by atoms with E-state index in [1.54, 1.807) is 0 Å². The van der Waals surface area contributed by atoms with Crippen molar-refractivity contribution in [3.8, 4) is 5.75 Å². The summed E-state index contributed by atoms with van der Waals surface area (Å²) in [6, 6.07) is 0. The highest BCUT2D eigenvalue weighted by molar-refractivity contribution is 7.11. The largest absolute Gasteiger partial charge is 0.487 e. The van der Waals surface area contributed by atoms with Gasteiger partial charge in [0.2, 0.25) is 0 Å². The monoisotopic (exact) mass is 230 g/mol. The van der Waals surface area contributed by atoms with Crippen LogP contribution in [0.5, 0.6) is 5.75 Å². The summed E-state index contributed by atoms with van der Waals surface area (Å²) >= 11 is 1.34. The molecule has 5 nitrogen and oxygen atoms in total. The van der Waals surface area contributed by atoms with Gasteiger partial charge >= 0.3 is 0 Å². The Morgan fingerprint density at radius 2 is 2.27 bits per heavy atom. The minimum Gasteiger partial charge on any atom is -0.487 e. The van der Waals surface area contributed by atoms with Crippen LogP contribution in [0.2, 0.25) is 0 Å². The molecule has 3 N–H and O–H groups in total. The molecule has 15 heavy (non-hydrogen) atoms. The van der Waals surface area contributed by atoms with Crippen LogP contribution in [0.3, 0.4) is 0 Å². The zero-order chi connectivity index (χ0) is 11.3. The fraction of sp³-hybridized carbons (Fsp3) is 0.667. The molecule has 0 spiro atoms. The van der Waals surface area contributed by atoms with Crippen molar-refractivity contribution in [3.05, 3.63) is 0 Å². The molecule has 0 radical (unpaired) electrons. The predicted octanol–water partition coefficient (Wildman–Crippen LogP) is 1.10. The van der Waals surface area contributed by atoms with Crippen LogP contribution in [0.15, 0.2) is 0 Å². The standard InChI is InChI=1S/C9H18N4OS/c1-4-14-7-8(10)12-15-9(7)11-5-6-13(2)3/h11H,4-6H2,1-3H3,(H2,10,12). The smallest absolute Gasteiger partial charge is 0.197 e. The van der Waals surface area contributed by atoms with Gasteiger partial charge in [0.15, 0.2) is 16.6 Å². The predicted molar refractivity (Wildman–Crippen MR) is 64.7 cm³/mol. The van der Waals surface area contributed by atoms with E-state index in [4.69, 9.17) is 10.5 Å². The van der Waals surface area contributed by atoms with Crippen LogP contribution in [0.25, 0.3) is 0 Å². The van der Waals surface area contributed by atoms with Crippen molar-refractivity contribution in [3.63, 3.8) is 0 Å². The minimum atomic E-state index is 0.467. The van der Waals surface area contributed by atoms with Crippen molar-refractivity contribution in [2.45, 2.75) is 6.92 Å². The van der Waals surface area contributed by atoms with Gasteiger partial charge in [0.05, 0.1) is 6.61 Å². The Hall–Kier alpha value is -1.01. The summed E-state index contributed by atoms with van der Waals surface area (Å²) in [5.74, 6) is 1.15. The molecule has 0 saturated carbocycles. The number of hydrogen-bond donors (Lipinski definition) is 2. The molecule has 86 valence electrons. The quantitative estimate of drug-likeness (QED) is 0.766. The SMILES string of the molecule is CCOc1c(N)nsc1NCCN(C)C. The first-order valence-corrected chi connectivity index (χ1v) is 5.69. The molecule has 1 rings (SSSR count). The Bertz CT molecular complexity index is 300. The van der Waals surface area contributed by atoms with Gasteiger partial charge in [-0.2, -0.15) is 4.37 Å². The number of nitrogens with two attached hydrogens (primary N) is 1. The molecule has 0 aliphatic rings. The van der Waals surface area contributed by atoms with Crippen molar-refractivity contribution in [2.24, 2.45) is 0 Å². The highest BCUT2D eigenvalue weighted by Gasteiger charge is 2.11. The highest BCUT2D eigenvalue weighted by atomic mass is 32.1. The first-order chi connectivity index (χ1) is 7.15. The van der Waals surface area contributed by atoms with E-state index in [0.29, 0.717) is 18.2 Å².